The summed E-state index contributed by atoms with van der Waals surface area (Å²) < 4.78 is 2.07. The first kappa shape index (κ1) is 12.1. The fraction of sp³-hybridized carbons (Fsp3) is 0.182. The Balaban J connectivity index is 2.03. The molecule has 92 valence electrons. The number of nitrogens with zero attached hydrogens (tertiary/aromatic N) is 2. The van der Waals surface area contributed by atoms with Gasteiger partial charge in [0.2, 0.25) is 0 Å². The number of aliphatic carboxylic acids is 1. The number of rotatable bonds is 2. The highest BCUT2D eigenvalue weighted by atomic mass is 79.9. The number of halogens is 1. The number of aromatic nitrogens is 1. The molecule has 0 saturated carbocycles. The maximum absolute atomic E-state index is 10.9. The summed E-state index contributed by atoms with van der Waals surface area (Å²) in [5.74, 6) is -0.387. The third kappa shape index (κ3) is 2.06. The molecule has 1 aromatic heterocycles. The highest BCUT2D eigenvalue weighted by molar-refractivity contribution is 9.10. The van der Waals surface area contributed by atoms with E-state index in [0.29, 0.717) is 5.75 Å². The highest BCUT2D eigenvalue weighted by Gasteiger charge is 2.26. The van der Waals surface area contributed by atoms with E-state index >= 15 is 0 Å². The fourth-order valence-electron chi connectivity index (χ4n) is 1.62. The summed E-state index contributed by atoms with van der Waals surface area (Å²) in [4.78, 5) is 19.5. The molecule has 1 aliphatic rings. The van der Waals surface area contributed by atoms with Crippen LogP contribution in [-0.2, 0) is 4.79 Å². The maximum atomic E-state index is 10.9. The quantitative estimate of drug-likeness (QED) is 0.911. The molecule has 0 fully saturated rings. The summed E-state index contributed by atoms with van der Waals surface area (Å²) in [7, 11) is 0. The van der Waals surface area contributed by atoms with Crippen molar-refractivity contribution in [3.8, 4) is 0 Å². The molecule has 7 heteroatoms. The number of hydrogen-bond acceptors (Lipinski definition) is 5. The number of thioether (sulfide) groups is 1. The minimum atomic E-state index is -0.875. The highest BCUT2D eigenvalue weighted by Crippen LogP contribution is 2.33. The third-order valence-corrected chi connectivity index (χ3v) is 5.70. The summed E-state index contributed by atoms with van der Waals surface area (Å²) in [5.41, 5.74) is 0.909. The molecule has 1 N–H and O–H groups in total. The second-order valence-electron chi connectivity index (χ2n) is 3.71. The Labute approximate surface area is 119 Å². The summed E-state index contributed by atoms with van der Waals surface area (Å²) in [5, 5.41) is 10.4. The summed E-state index contributed by atoms with van der Waals surface area (Å²) in [6.07, 6.45) is 0. The van der Waals surface area contributed by atoms with Gasteiger partial charge in [-0.2, -0.15) is 0 Å². The van der Waals surface area contributed by atoms with E-state index in [0.717, 1.165) is 24.7 Å². The van der Waals surface area contributed by atoms with Crippen LogP contribution in [0.25, 0.3) is 10.2 Å². The Hall–Kier alpha value is -0.920. The van der Waals surface area contributed by atoms with E-state index in [-0.39, 0.29) is 0 Å². The summed E-state index contributed by atoms with van der Waals surface area (Å²) >= 11 is 6.47. The molecule has 3 rings (SSSR count). The monoisotopic (exact) mass is 342 g/mol. The van der Waals surface area contributed by atoms with Gasteiger partial charge in [0.05, 0.1) is 10.2 Å². The lowest BCUT2D eigenvalue weighted by atomic mass is 10.3. The molecule has 2 aromatic rings. The molecule has 0 spiro atoms. The molecule has 18 heavy (non-hydrogen) atoms. The topological polar surface area (TPSA) is 62.5 Å². The van der Waals surface area contributed by atoms with Crippen molar-refractivity contribution in [1.29, 1.82) is 0 Å². The van der Waals surface area contributed by atoms with Gasteiger partial charge in [0.25, 0.3) is 0 Å². The zero-order valence-corrected chi connectivity index (χ0v) is 12.2. The van der Waals surface area contributed by atoms with Gasteiger partial charge in [-0.1, -0.05) is 6.07 Å². The van der Waals surface area contributed by atoms with Crippen molar-refractivity contribution in [3.05, 3.63) is 27.7 Å². The average molecular weight is 343 g/mol. The van der Waals surface area contributed by atoms with Crippen LogP contribution in [0.3, 0.4) is 0 Å². The van der Waals surface area contributed by atoms with E-state index < -0.39 is 12.0 Å². The second-order valence-corrected chi connectivity index (χ2v) is 6.57. The fourth-order valence-corrected chi connectivity index (χ4v) is 4.29. The normalized spacial score (nSPS) is 19.2. The number of carboxylic acid groups (broad SMARTS) is 1. The van der Waals surface area contributed by atoms with Crippen LogP contribution in [0, 0.1) is 0 Å². The van der Waals surface area contributed by atoms with Crippen molar-refractivity contribution in [3.63, 3.8) is 0 Å². The van der Waals surface area contributed by atoms with E-state index in [1.807, 2.05) is 18.2 Å². The van der Waals surface area contributed by atoms with Crippen LogP contribution in [-0.4, -0.2) is 32.9 Å². The summed E-state index contributed by atoms with van der Waals surface area (Å²) in [6.45, 7) is 0. The van der Waals surface area contributed by atoms with Crippen LogP contribution in [0.2, 0.25) is 0 Å². The van der Waals surface area contributed by atoms with E-state index in [1.54, 1.807) is 0 Å². The largest absolute Gasteiger partial charge is 0.480 e. The van der Waals surface area contributed by atoms with Gasteiger partial charge >= 0.3 is 5.97 Å². The second kappa shape index (κ2) is 4.64. The zero-order chi connectivity index (χ0) is 12.7. The van der Waals surface area contributed by atoms with Crippen molar-refractivity contribution < 1.29 is 9.90 Å². The van der Waals surface area contributed by atoms with Gasteiger partial charge < -0.3 is 5.11 Å². The van der Waals surface area contributed by atoms with Crippen molar-refractivity contribution in [1.82, 2.24) is 4.98 Å². The predicted octanol–water partition coefficient (Wildman–Crippen LogP) is 3.01. The first-order valence-corrected chi connectivity index (χ1v) is 7.73. The Kier molecular flexibility index (Phi) is 3.13. The standard InChI is InChI=1S/C11H7BrN2O2S2/c12-5-2-1-3-6-8(5)18-10(13-6)9-14-7(4-17-9)11(15)16/h1-3,7H,4H2,(H,15,16). The number of carbonyl (C=O) groups is 1. The third-order valence-electron chi connectivity index (χ3n) is 2.49. The van der Waals surface area contributed by atoms with E-state index in [1.165, 1.54) is 23.1 Å². The van der Waals surface area contributed by atoms with Crippen LogP contribution < -0.4 is 0 Å². The first-order chi connectivity index (χ1) is 8.65. The number of hydrogen-bond donors (Lipinski definition) is 1. The lowest BCUT2D eigenvalue weighted by Gasteiger charge is -1.93. The van der Waals surface area contributed by atoms with Crippen molar-refractivity contribution in [2.75, 3.05) is 5.75 Å². The van der Waals surface area contributed by atoms with Gasteiger partial charge in [-0.25, -0.2) is 9.78 Å². The number of benzene rings is 1. The van der Waals surface area contributed by atoms with E-state index in [2.05, 4.69) is 25.9 Å². The lowest BCUT2D eigenvalue weighted by Crippen LogP contribution is -2.17. The number of fused-ring (bicyclic) bond motifs is 1. The molecule has 2 heterocycles. The first-order valence-electron chi connectivity index (χ1n) is 5.14. The van der Waals surface area contributed by atoms with Gasteiger partial charge in [-0.15, -0.1) is 23.1 Å². The van der Waals surface area contributed by atoms with Gasteiger partial charge in [0, 0.05) is 10.2 Å². The molecule has 0 aliphatic carbocycles. The van der Waals surface area contributed by atoms with E-state index in [4.69, 9.17) is 5.11 Å². The van der Waals surface area contributed by atoms with Crippen LogP contribution in [0.1, 0.15) is 5.01 Å². The molecule has 1 aromatic carbocycles. The Morgan fingerprint density at radius 3 is 3.00 bits per heavy atom. The zero-order valence-electron chi connectivity index (χ0n) is 8.96. The molecule has 4 nitrogen and oxygen atoms in total. The SMILES string of the molecule is O=C(O)C1CSC(c2nc3cccc(Br)c3s2)=N1. The molecule has 0 amide bonds. The number of carboxylic acids is 1. The van der Waals surface area contributed by atoms with Crippen LogP contribution in [0.15, 0.2) is 27.7 Å². The summed E-state index contributed by atoms with van der Waals surface area (Å²) in [6, 6.07) is 5.20. The molecule has 1 aliphatic heterocycles. The maximum Gasteiger partial charge on any atom is 0.329 e. The average Bonchev–Trinajstić information content (AvgIpc) is 2.95. The van der Waals surface area contributed by atoms with Crippen molar-refractivity contribution in [2.24, 2.45) is 4.99 Å². The molecule has 1 atom stereocenters. The molecule has 1 unspecified atom stereocenters. The Bertz CT molecular complexity index is 668. The number of aliphatic imine (C=N–C) groups is 1. The Morgan fingerprint density at radius 2 is 2.33 bits per heavy atom. The van der Waals surface area contributed by atoms with Crippen molar-refractivity contribution >= 4 is 60.3 Å². The van der Waals surface area contributed by atoms with E-state index in [9.17, 15) is 4.79 Å². The van der Waals surface area contributed by atoms with Gasteiger partial charge in [0.15, 0.2) is 6.04 Å². The molecular formula is C11H7BrN2O2S2. The molecule has 0 bridgehead atoms. The molecule has 0 saturated heterocycles. The van der Waals surface area contributed by atoms with Gasteiger partial charge in [-0.3, -0.25) is 4.99 Å². The Morgan fingerprint density at radius 1 is 1.50 bits per heavy atom. The molecular weight excluding hydrogens is 336 g/mol. The smallest absolute Gasteiger partial charge is 0.329 e. The number of thiazole rings is 1. The van der Waals surface area contributed by atoms with Crippen LogP contribution in [0.4, 0.5) is 0 Å². The predicted molar refractivity (Wildman–Crippen MR) is 77.7 cm³/mol. The molecule has 0 radical (unpaired) electrons. The minimum Gasteiger partial charge on any atom is -0.480 e. The van der Waals surface area contributed by atoms with Crippen molar-refractivity contribution in [2.45, 2.75) is 6.04 Å². The van der Waals surface area contributed by atoms with Gasteiger partial charge in [0.1, 0.15) is 10.1 Å². The van der Waals surface area contributed by atoms with Crippen LogP contribution in [0.5, 0.6) is 0 Å². The minimum absolute atomic E-state index is 0.488. The van der Waals surface area contributed by atoms with Crippen LogP contribution >= 0.6 is 39.0 Å². The van der Waals surface area contributed by atoms with Gasteiger partial charge in [-0.05, 0) is 28.1 Å². The lowest BCUT2D eigenvalue weighted by molar-refractivity contribution is -0.137.